The molecule has 1 aromatic carbocycles. The summed E-state index contributed by atoms with van der Waals surface area (Å²) in [5, 5.41) is 0. The quantitative estimate of drug-likeness (QED) is 0.815. The van der Waals surface area contributed by atoms with Crippen molar-refractivity contribution >= 4 is 11.6 Å². The van der Waals surface area contributed by atoms with E-state index < -0.39 is 0 Å². The third-order valence-electron chi connectivity index (χ3n) is 3.15. The lowest BCUT2D eigenvalue weighted by Crippen LogP contribution is -2.36. The number of amides is 1. The van der Waals surface area contributed by atoms with Gasteiger partial charge in [-0.1, -0.05) is 27.7 Å². The third-order valence-corrected chi connectivity index (χ3v) is 3.15. The van der Waals surface area contributed by atoms with Crippen LogP contribution in [-0.4, -0.2) is 48.9 Å². The van der Waals surface area contributed by atoms with Crippen LogP contribution in [0.25, 0.3) is 0 Å². The van der Waals surface area contributed by atoms with Crippen molar-refractivity contribution in [2.45, 2.75) is 27.7 Å². The summed E-state index contributed by atoms with van der Waals surface area (Å²) in [6.07, 6.45) is 0. The first-order valence-electron chi connectivity index (χ1n) is 7.41. The molecule has 0 saturated carbocycles. The van der Waals surface area contributed by atoms with E-state index in [2.05, 4.69) is 18.7 Å². The second kappa shape index (κ2) is 10.3. The van der Waals surface area contributed by atoms with Crippen LogP contribution in [0, 0.1) is 0 Å². The molecule has 0 atom stereocenters. The molecule has 0 aromatic heterocycles. The normalized spacial score (nSPS) is 9.90. The molecule has 4 heteroatoms. The van der Waals surface area contributed by atoms with E-state index >= 15 is 0 Å². The molecule has 1 amide bonds. The Morgan fingerprint density at radius 3 is 2.00 bits per heavy atom. The van der Waals surface area contributed by atoms with E-state index in [1.807, 2.05) is 20.9 Å². The zero-order chi connectivity index (χ0) is 15.5. The fourth-order valence-corrected chi connectivity index (χ4v) is 1.78. The molecule has 0 bridgehead atoms. The van der Waals surface area contributed by atoms with Crippen molar-refractivity contribution in [3.8, 4) is 0 Å². The number of likely N-dealkylation sites (N-methyl/N-ethyl adjacent to an activating group) is 2. The highest BCUT2D eigenvalue weighted by Crippen LogP contribution is 2.07. The SMILES string of the molecule is CC.CCN(CC)CCN(C)C(=O)c1ccc(N)cc1. The van der Waals surface area contributed by atoms with E-state index in [-0.39, 0.29) is 5.91 Å². The number of nitrogens with zero attached hydrogens (tertiary/aromatic N) is 2. The summed E-state index contributed by atoms with van der Waals surface area (Å²) in [7, 11) is 1.84. The lowest BCUT2D eigenvalue weighted by atomic mass is 10.2. The van der Waals surface area contributed by atoms with Gasteiger partial charge in [-0.15, -0.1) is 0 Å². The average molecular weight is 279 g/mol. The molecule has 0 heterocycles. The van der Waals surface area contributed by atoms with Crippen LogP contribution in [0.1, 0.15) is 38.1 Å². The van der Waals surface area contributed by atoms with Crippen LogP contribution in [0.4, 0.5) is 5.69 Å². The number of anilines is 1. The Morgan fingerprint density at radius 2 is 1.55 bits per heavy atom. The van der Waals surface area contributed by atoms with Crippen LogP contribution in [0.5, 0.6) is 0 Å². The van der Waals surface area contributed by atoms with Crippen molar-refractivity contribution < 1.29 is 4.79 Å². The van der Waals surface area contributed by atoms with Gasteiger partial charge in [-0.25, -0.2) is 0 Å². The highest BCUT2D eigenvalue weighted by Gasteiger charge is 2.11. The zero-order valence-corrected chi connectivity index (χ0v) is 13.5. The first kappa shape index (κ1) is 18.4. The Hall–Kier alpha value is -1.55. The van der Waals surface area contributed by atoms with Crippen LogP contribution in [0.2, 0.25) is 0 Å². The summed E-state index contributed by atoms with van der Waals surface area (Å²) in [5.41, 5.74) is 6.97. The second-order valence-corrected chi connectivity index (χ2v) is 4.38. The van der Waals surface area contributed by atoms with Crippen LogP contribution >= 0.6 is 0 Å². The van der Waals surface area contributed by atoms with Gasteiger partial charge in [0.1, 0.15) is 0 Å². The minimum atomic E-state index is 0.0437. The number of carbonyl (C=O) groups is 1. The first-order chi connectivity index (χ1) is 9.58. The smallest absolute Gasteiger partial charge is 0.253 e. The Labute approximate surface area is 123 Å². The van der Waals surface area contributed by atoms with Gasteiger partial charge in [0.05, 0.1) is 0 Å². The minimum Gasteiger partial charge on any atom is -0.399 e. The first-order valence-corrected chi connectivity index (χ1v) is 7.41. The van der Waals surface area contributed by atoms with Crippen molar-refractivity contribution in [2.75, 3.05) is 39.0 Å². The van der Waals surface area contributed by atoms with E-state index in [9.17, 15) is 4.79 Å². The fourth-order valence-electron chi connectivity index (χ4n) is 1.78. The fraction of sp³-hybridized carbons (Fsp3) is 0.562. The number of carbonyl (C=O) groups excluding carboxylic acids is 1. The molecule has 0 aliphatic carbocycles. The van der Waals surface area contributed by atoms with Crippen molar-refractivity contribution in [3.63, 3.8) is 0 Å². The van der Waals surface area contributed by atoms with Crippen molar-refractivity contribution in [1.29, 1.82) is 0 Å². The van der Waals surface area contributed by atoms with Crippen molar-refractivity contribution in [1.82, 2.24) is 9.80 Å². The number of benzene rings is 1. The van der Waals surface area contributed by atoms with Gasteiger partial charge in [-0.05, 0) is 37.4 Å². The topological polar surface area (TPSA) is 49.6 Å². The molecule has 0 fully saturated rings. The zero-order valence-electron chi connectivity index (χ0n) is 13.5. The number of nitrogen functional groups attached to an aromatic ring is 1. The van der Waals surface area contributed by atoms with Gasteiger partial charge in [0, 0.05) is 31.4 Å². The van der Waals surface area contributed by atoms with Gasteiger partial charge in [-0.2, -0.15) is 0 Å². The van der Waals surface area contributed by atoms with Crippen molar-refractivity contribution in [2.24, 2.45) is 0 Å². The third kappa shape index (κ3) is 6.06. The average Bonchev–Trinajstić information content (AvgIpc) is 2.50. The molecule has 2 N–H and O–H groups in total. The Kier molecular flexibility index (Phi) is 9.47. The molecule has 1 rings (SSSR count). The van der Waals surface area contributed by atoms with Gasteiger partial charge in [0.15, 0.2) is 0 Å². The van der Waals surface area contributed by atoms with Crippen LogP contribution in [0.15, 0.2) is 24.3 Å². The summed E-state index contributed by atoms with van der Waals surface area (Å²) in [5.74, 6) is 0.0437. The summed E-state index contributed by atoms with van der Waals surface area (Å²) >= 11 is 0. The van der Waals surface area contributed by atoms with Crippen LogP contribution < -0.4 is 5.73 Å². The highest BCUT2D eigenvalue weighted by atomic mass is 16.2. The largest absolute Gasteiger partial charge is 0.399 e. The lowest BCUT2D eigenvalue weighted by molar-refractivity contribution is 0.0780. The number of nitrogens with two attached hydrogens (primary N) is 1. The van der Waals surface area contributed by atoms with E-state index in [0.29, 0.717) is 11.3 Å². The molecule has 114 valence electrons. The Balaban J connectivity index is 0.00000172. The van der Waals surface area contributed by atoms with Gasteiger partial charge in [0.25, 0.3) is 5.91 Å². The van der Waals surface area contributed by atoms with E-state index in [1.165, 1.54) is 0 Å². The summed E-state index contributed by atoms with van der Waals surface area (Å²) in [6.45, 7) is 11.9. The van der Waals surface area contributed by atoms with Gasteiger partial charge < -0.3 is 15.5 Å². The molecule has 0 aliphatic heterocycles. The monoisotopic (exact) mass is 279 g/mol. The van der Waals surface area contributed by atoms with Gasteiger partial charge >= 0.3 is 0 Å². The number of hydrogen-bond donors (Lipinski definition) is 1. The molecule has 0 radical (unpaired) electrons. The molecular formula is C16H29N3O. The molecule has 0 saturated heterocycles. The summed E-state index contributed by atoms with van der Waals surface area (Å²) < 4.78 is 0. The van der Waals surface area contributed by atoms with Crippen LogP contribution in [0.3, 0.4) is 0 Å². The minimum absolute atomic E-state index is 0.0437. The van der Waals surface area contributed by atoms with Gasteiger partial charge in [0.2, 0.25) is 0 Å². The maximum Gasteiger partial charge on any atom is 0.253 e. The molecular weight excluding hydrogens is 250 g/mol. The molecule has 0 unspecified atom stereocenters. The van der Waals surface area contributed by atoms with Gasteiger partial charge in [-0.3, -0.25) is 4.79 Å². The number of rotatable bonds is 6. The standard InChI is InChI=1S/C14H23N3O.C2H6/c1-4-17(5-2)11-10-16(3)14(18)12-6-8-13(15)9-7-12;1-2/h6-9H,4-5,10-11,15H2,1-3H3;1-2H3. The lowest BCUT2D eigenvalue weighted by Gasteiger charge is -2.23. The second-order valence-electron chi connectivity index (χ2n) is 4.38. The summed E-state index contributed by atoms with van der Waals surface area (Å²) in [6, 6.07) is 7.05. The highest BCUT2D eigenvalue weighted by molar-refractivity contribution is 5.94. The predicted octanol–water partition coefficient (Wildman–Crippen LogP) is 2.71. The van der Waals surface area contributed by atoms with E-state index in [4.69, 9.17) is 5.73 Å². The summed E-state index contributed by atoms with van der Waals surface area (Å²) in [4.78, 5) is 16.2. The molecule has 20 heavy (non-hydrogen) atoms. The molecule has 0 spiro atoms. The maximum absolute atomic E-state index is 12.1. The number of hydrogen-bond acceptors (Lipinski definition) is 3. The maximum atomic E-state index is 12.1. The van der Waals surface area contributed by atoms with Crippen LogP contribution in [-0.2, 0) is 0 Å². The predicted molar refractivity (Wildman–Crippen MR) is 87.0 cm³/mol. The molecule has 0 aliphatic rings. The van der Waals surface area contributed by atoms with E-state index in [0.717, 1.165) is 26.2 Å². The van der Waals surface area contributed by atoms with E-state index in [1.54, 1.807) is 29.2 Å². The Morgan fingerprint density at radius 1 is 1.05 bits per heavy atom. The molecule has 1 aromatic rings. The molecule has 4 nitrogen and oxygen atoms in total. The van der Waals surface area contributed by atoms with Crippen molar-refractivity contribution in [3.05, 3.63) is 29.8 Å². The Bertz CT molecular complexity index is 372.